The fourth-order valence-electron chi connectivity index (χ4n) is 3.86. The van der Waals surface area contributed by atoms with E-state index < -0.39 is 0 Å². The first-order chi connectivity index (χ1) is 13.2. The van der Waals surface area contributed by atoms with Crippen LogP contribution in [0.3, 0.4) is 0 Å². The molecule has 2 aliphatic rings. The molecule has 1 aromatic rings. The number of hydrogen-bond donors (Lipinski definition) is 1. The molecule has 3 rings (SSSR count). The van der Waals surface area contributed by atoms with E-state index in [4.69, 9.17) is 4.74 Å². The van der Waals surface area contributed by atoms with Crippen molar-refractivity contribution in [3.63, 3.8) is 0 Å². The number of anilines is 1. The van der Waals surface area contributed by atoms with Gasteiger partial charge in [-0.2, -0.15) is 0 Å². The van der Waals surface area contributed by atoms with Crippen LogP contribution in [-0.2, 0) is 20.9 Å². The van der Waals surface area contributed by atoms with Crippen molar-refractivity contribution in [1.29, 1.82) is 0 Å². The Labute approximate surface area is 161 Å². The van der Waals surface area contributed by atoms with E-state index >= 15 is 0 Å². The molecule has 2 fully saturated rings. The van der Waals surface area contributed by atoms with Crippen LogP contribution < -0.4 is 5.32 Å². The lowest BCUT2D eigenvalue weighted by Gasteiger charge is -2.31. The van der Waals surface area contributed by atoms with Gasteiger partial charge in [0.15, 0.2) is 0 Å². The number of hydrogen-bond acceptors (Lipinski definition) is 4. The Balaban J connectivity index is 1.47. The molecule has 6 heteroatoms. The molecular weight excluding hydrogens is 342 g/mol. The summed E-state index contributed by atoms with van der Waals surface area (Å²) in [6.45, 7) is 7.08. The summed E-state index contributed by atoms with van der Waals surface area (Å²) in [5, 5.41) is 3.07. The molecule has 0 aromatic heterocycles. The van der Waals surface area contributed by atoms with Crippen molar-refractivity contribution >= 4 is 17.5 Å². The van der Waals surface area contributed by atoms with Gasteiger partial charge in [-0.05, 0) is 63.4 Å². The van der Waals surface area contributed by atoms with E-state index in [2.05, 4.69) is 22.3 Å². The summed E-state index contributed by atoms with van der Waals surface area (Å²) in [7, 11) is 0. The molecule has 0 unspecified atom stereocenters. The highest BCUT2D eigenvalue weighted by Gasteiger charge is 2.27. The molecule has 1 N–H and O–H groups in total. The van der Waals surface area contributed by atoms with Crippen LogP contribution >= 0.6 is 0 Å². The maximum Gasteiger partial charge on any atom is 0.248 e. The molecule has 0 saturated carbocycles. The van der Waals surface area contributed by atoms with Crippen molar-refractivity contribution in [1.82, 2.24) is 9.80 Å². The predicted octanol–water partition coefficient (Wildman–Crippen LogP) is 2.50. The van der Waals surface area contributed by atoms with Gasteiger partial charge in [0, 0.05) is 37.8 Å². The van der Waals surface area contributed by atoms with E-state index in [1.165, 1.54) is 18.4 Å². The van der Waals surface area contributed by atoms with Gasteiger partial charge >= 0.3 is 0 Å². The molecule has 148 valence electrons. The summed E-state index contributed by atoms with van der Waals surface area (Å²) in [6.07, 6.45) is 3.97. The third-order valence-corrected chi connectivity index (χ3v) is 5.45. The number of carbonyl (C=O) groups is 2. The highest BCUT2D eigenvalue weighted by atomic mass is 16.5. The summed E-state index contributed by atoms with van der Waals surface area (Å²) in [6, 6.07) is 8.16. The molecule has 1 aromatic carbocycles. The zero-order valence-corrected chi connectivity index (χ0v) is 16.3. The quantitative estimate of drug-likeness (QED) is 0.798. The van der Waals surface area contributed by atoms with Gasteiger partial charge in [-0.3, -0.25) is 14.5 Å². The first kappa shape index (κ1) is 19.8. The summed E-state index contributed by atoms with van der Waals surface area (Å²) in [4.78, 5) is 28.9. The molecule has 2 amide bonds. The van der Waals surface area contributed by atoms with E-state index in [-0.39, 0.29) is 24.3 Å². The van der Waals surface area contributed by atoms with Crippen molar-refractivity contribution in [3.05, 3.63) is 29.8 Å². The molecule has 0 radical (unpaired) electrons. The van der Waals surface area contributed by atoms with Gasteiger partial charge in [0.25, 0.3) is 0 Å². The molecule has 0 atom stereocenters. The van der Waals surface area contributed by atoms with Crippen molar-refractivity contribution in [2.24, 2.45) is 5.92 Å². The fourth-order valence-corrected chi connectivity index (χ4v) is 3.86. The third kappa shape index (κ3) is 5.78. The second-order valence-corrected chi connectivity index (χ2v) is 7.47. The van der Waals surface area contributed by atoms with Crippen molar-refractivity contribution < 1.29 is 14.3 Å². The average Bonchev–Trinajstić information content (AvgIpc) is 3.19. The third-order valence-electron chi connectivity index (χ3n) is 5.45. The van der Waals surface area contributed by atoms with E-state index in [0.717, 1.165) is 25.3 Å². The normalized spacial score (nSPS) is 18.6. The Morgan fingerprint density at radius 2 is 1.89 bits per heavy atom. The Kier molecular flexibility index (Phi) is 7.24. The monoisotopic (exact) mass is 373 g/mol. The van der Waals surface area contributed by atoms with Crippen LogP contribution in [-0.4, -0.2) is 61.0 Å². The van der Waals surface area contributed by atoms with Crippen molar-refractivity contribution in [2.45, 2.75) is 39.2 Å². The second kappa shape index (κ2) is 9.85. The van der Waals surface area contributed by atoms with Crippen LogP contribution in [0.2, 0.25) is 0 Å². The Bertz CT molecular complexity index is 635. The smallest absolute Gasteiger partial charge is 0.248 e. The second-order valence-electron chi connectivity index (χ2n) is 7.47. The molecule has 2 saturated heterocycles. The highest BCUT2D eigenvalue weighted by molar-refractivity contribution is 5.92. The van der Waals surface area contributed by atoms with Gasteiger partial charge in [0.1, 0.15) is 6.61 Å². The minimum absolute atomic E-state index is 0.0188. The van der Waals surface area contributed by atoms with Gasteiger partial charge in [-0.15, -0.1) is 0 Å². The van der Waals surface area contributed by atoms with Gasteiger partial charge < -0.3 is 15.0 Å². The Morgan fingerprint density at radius 1 is 1.15 bits per heavy atom. The number of nitrogens with one attached hydrogen (secondary N) is 1. The first-order valence-corrected chi connectivity index (χ1v) is 10.1. The lowest BCUT2D eigenvalue weighted by Crippen LogP contribution is -2.42. The van der Waals surface area contributed by atoms with Crippen molar-refractivity contribution in [3.8, 4) is 0 Å². The molecule has 2 aliphatic heterocycles. The van der Waals surface area contributed by atoms with Crippen LogP contribution in [0.25, 0.3) is 0 Å². The number of likely N-dealkylation sites (tertiary alicyclic amines) is 2. The Morgan fingerprint density at radius 3 is 2.59 bits per heavy atom. The summed E-state index contributed by atoms with van der Waals surface area (Å²) in [5.74, 6) is 0.0407. The van der Waals surface area contributed by atoms with Crippen LogP contribution in [0.1, 0.15) is 38.2 Å². The zero-order chi connectivity index (χ0) is 19.1. The molecule has 2 heterocycles. The first-order valence-electron chi connectivity index (χ1n) is 10.1. The maximum atomic E-state index is 12.6. The molecular formula is C21H31N3O3. The molecule has 0 spiro atoms. The molecule has 6 nitrogen and oxygen atoms in total. The van der Waals surface area contributed by atoms with E-state index in [1.54, 1.807) is 4.90 Å². The van der Waals surface area contributed by atoms with Gasteiger partial charge in [-0.1, -0.05) is 12.1 Å². The van der Waals surface area contributed by atoms with E-state index in [1.807, 2.05) is 19.1 Å². The number of carbonyl (C=O) groups excluding carboxylic acids is 2. The van der Waals surface area contributed by atoms with Gasteiger partial charge in [-0.25, -0.2) is 0 Å². The lowest BCUT2D eigenvalue weighted by molar-refractivity contribution is -0.138. The topological polar surface area (TPSA) is 61.9 Å². The highest BCUT2D eigenvalue weighted by Crippen LogP contribution is 2.21. The minimum atomic E-state index is -0.0385. The standard InChI is InChI=1S/C21H31N3O3/c1-2-27-16-20(25)24-12-8-18(9-13-24)21(26)22-19-7-5-6-17(14-19)15-23-10-3-4-11-23/h5-7,14,18H,2-4,8-13,15-16H2,1H3,(H,22,26). The zero-order valence-electron chi connectivity index (χ0n) is 16.3. The van der Waals surface area contributed by atoms with Crippen molar-refractivity contribution in [2.75, 3.05) is 44.7 Å². The van der Waals surface area contributed by atoms with E-state index in [9.17, 15) is 9.59 Å². The molecule has 0 aliphatic carbocycles. The van der Waals surface area contributed by atoms with Gasteiger partial charge in [0.2, 0.25) is 11.8 Å². The number of nitrogens with zero attached hydrogens (tertiary/aromatic N) is 2. The molecule has 27 heavy (non-hydrogen) atoms. The number of piperidine rings is 1. The van der Waals surface area contributed by atoms with Gasteiger partial charge in [0.05, 0.1) is 0 Å². The minimum Gasteiger partial charge on any atom is -0.372 e. The van der Waals surface area contributed by atoms with Crippen LogP contribution in [0.4, 0.5) is 5.69 Å². The fraction of sp³-hybridized carbons (Fsp3) is 0.619. The number of ether oxygens (including phenoxy) is 1. The molecule has 0 bridgehead atoms. The summed E-state index contributed by atoms with van der Waals surface area (Å²) >= 11 is 0. The Hall–Kier alpha value is -1.92. The summed E-state index contributed by atoms with van der Waals surface area (Å²) < 4.78 is 5.19. The van der Waals surface area contributed by atoms with Crippen LogP contribution in [0.5, 0.6) is 0 Å². The van der Waals surface area contributed by atoms with Crippen LogP contribution in [0, 0.1) is 5.92 Å². The lowest BCUT2D eigenvalue weighted by atomic mass is 9.95. The SMILES string of the molecule is CCOCC(=O)N1CCC(C(=O)Nc2cccc(CN3CCCC3)c2)CC1. The number of rotatable bonds is 7. The average molecular weight is 373 g/mol. The van der Waals surface area contributed by atoms with Crippen LogP contribution in [0.15, 0.2) is 24.3 Å². The maximum absolute atomic E-state index is 12.6. The number of benzene rings is 1. The largest absolute Gasteiger partial charge is 0.372 e. The number of amides is 2. The predicted molar refractivity (Wildman–Crippen MR) is 105 cm³/mol. The van der Waals surface area contributed by atoms with E-state index in [0.29, 0.717) is 32.5 Å². The summed E-state index contributed by atoms with van der Waals surface area (Å²) in [5.41, 5.74) is 2.11.